The first kappa shape index (κ1) is 25.4. The molecule has 0 spiro atoms. The molecule has 27 heavy (non-hydrogen) atoms. The highest BCUT2D eigenvalue weighted by molar-refractivity contribution is 5.69. The van der Waals surface area contributed by atoms with E-state index in [9.17, 15) is 4.79 Å². The Balaban J connectivity index is 3.55. The van der Waals surface area contributed by atoms with Crippen molar-refractivity contribution < 1.29 is 19.7 Å². The van der Waals surface area contributed by atoms with Crippen molar-refractivity contribution in [3.8, 4) is 0 Å². The van der Waals surface area contributed by atoms with Crippen LogP contribution >= 0.6 is 0 Å². The van der Waals surface area contributed by atoms with Crippen LogP contribution in [-0.2, 0) is 9.53 Å². The minimum atomic E-state index is -0.797. The second-order valence-corrected chi connectivity index (χ2v) is 6.46. The van der Waals surface area contributed by atoms with E-state index in [-0.39, 0.29) is 19.2 Å². The van der Waals surface area contributed by atoms with E-state index in [0.717, 1.165) is 25.7 Å². The molecule has 0 radical (unpaired) electrons. The van der Waals surface area contributed by atoms with Crippen molar-refractivity contribution in [1.82, 2.24) is 0 Å². The number of unbranched alkanes of at least 4 members (excludes halogenated alkanes) is 4. The van der Waals surface area contributed by atoms with E-state index in [0.29, 0.717) is 12.8 Å². The van der Waals surface area contributed by atoms with Crippen LogP contribution in [0.5, 0.6) is 0 Å². The average molecular weight is 379 g/mol. The third-order valence-corrected chi connectivity index (χ3v) is 3.91. The molecule has 0 rings (SSSR count). The van der Waals surface area contributed by atoms with Crippen molar-refractivity contribution in [2.75, 3.05) is 13.2 Å². The maximum atomic E-state index is 11.4. The molecular formula is C23H38O4. The van der Waals surface area contributed by atoms with Crippen molar-refractivity contribution in [2.45, 2.75) is 77.2 Å². The number of esters is 1. The van der Waals surface area contributed by atoms with Crippen LogP contribution in [0.4, 0.5) is 0 Å². The number of carbonyl (C=O) groups excluding carboxylic acids is 1. The van der Waals surface area contributed by atoms with E-state index in [4.69, 9.17) is 14.9 Å². The predicted octanol–water partition coefficient (Wildman–Crippen LogP) is 5.03. The number of hydrogen-bond donors (Lipinski definition) is 2. The summed E-state index contributed by atoms with van der Waals surface area (Å²) in [6.45, 7) is 1.53. The maximum Gasteiger partial charge on any atom is 0.306 e. The SMILES string of the molecule is CCCCC/C=C\C/C=C/C/C=C\C/C=C\CCCC(=O)OC(CO)CO. The first-order valence-electron chi connectivity index (χ1n) is 10.3. The molecule has 0 aromatic heterocycles. The topological polar surface area (TPSA) is 66.8 Å². The minimum Gasteiger partial charge on any atom is -0.457 e. The normalized spacial score (nSPS) is 12.4. The summed E-state index contributed by atoms with van der Waals surface area (Å²) in [7, 11) is 0. The highest BCUT2D eigenvalue weighted by Gasteiger charge is 2.11. The molecule has 0 amide bonds. The van der Waals surface area contributed by atoms with Crippen LogP contribution in [0.15, 0.2) is 48.6 Å². The lowest BCUT2D eigenvalue weighted by Gasteiger charge is -2.11. The molecule has 0 bridgehead atoms. The van der Waals surface area contributed by atoms with Crippen molar-refractivity contribution >= 4 is 5.97 Å². The largest absolute Gasteiger partial charge is 0.457 e. The molecule has 0 aromatic carbocycles. The molecule has 0 aliphatic carbocycles. The van der Waals surface area contributed by atoms with Gasteiger partial charge in [0.25, 0.3) is 0 Å². The Morgan fingerprint density at radius 3 is 1.74 bits per heavy atom. The minimum absolute atomic E-state index is 0.300. The predicted molar refractivity (Wildman–Crippen MR) is 112 cm³/mol. The van der Waals surface area contributed by atoms with Gasteiger partial charge >= 0.3 is 5.97 Å². The average Bonchev–Trinajstić information content (AvgIpc) is 2.68. The first-order chi connectivity index (χ1) is 13.2. The van der Waals surface area contributed by atoms with E-state index < -0.39 is 6.10 Å². The van der Waals surface area contributed by atoms with E-state index in [2.05, 4.69) is 55.5 Å². The third kappa shape index (κ3) is 18.9. The zero-order valence-electron chi connectivity index (χ0n) is 16.9. The summed E-state index contributed by atoms with van der Waals surface area (Å²) in [4.78, 5) is 11.4. The van der Waals surface area contributed by atoms with Gasteiger partial charge in [-0.1, -0.05) is 68.4 Å². The van der Waals surface area contributed by atoms with Gasteiger partial charge in [-0.25, -0.2) is 0 Å². The lowest BCUT2D eigenvalue weighted by atomic mass is 10.2. The van der Waals surface area contributed by atoms with Crippen LogP contribution in [0.25, 0.3) is 0 Å². The highest BCUT2D eigenvalue weighted by Crippen LogP contribution is 2.03. The maximum absolute atomic E-state index is 11.4. The van der Waals surface area contributed by atoms with Crippen LogP contribution < -0.4 is 0 Å². The van der Waals surface area contributed by atoms with Gasteiger partial charge in [0.2, 0.25) is 0 Å². The summed E-state index contributed by atoms with van der Waals surface area (Å²) in [5.41, 5.74) is 0. The first-order valence-corrected chi connectivity index (χ1v) is 10.3. The molecular weight excluding hydrogens is 340 g/mol. The van der Waals surface area contributed by atoms with Gasteiger partial charge in [-0.05, 0) is 44.9 Å². The van der Waals surface area contributed by atoms with Crippen molar-refractivity contribution in [3.05, 3.63) is 48.6 Å². The Labute approximate surface area is 165 Å². The molecule has 154 valence electrons. The van der Waals surface area contributed by atoms with Gasteiger partial charge < -0.3 is 14.9 Å². The Kier molecular flexibility index (Phi) is 19.4. The quantitative estimate of drug-likeness (QED) is 0.212. The van der Waals surface area contributed by atoms with Crippen molar-refractivity contribution in [3.63, 3.8) is 0 Å². The Morgan fingerprint density at radius 1 is 0.778 bits per heavy atom. The van der Waals surface area contributed by atoms with E-state index in [1.807, 2.05) is 0 Å². The third-order valence-electron chi connectivity index (χ3n) is 3.91. The van der Waals surface area contributed by atoms with Gasteiger partial charge in [0, 0.05) is 6.42 Å². The highest BCUT2D eigenvalue weighted by atomic mass is 16.6. The Bertz CT molecular complexity index is 445. The number of allylic oxidation sites excluding steroid dienone is 8. The van der Waals surface area contributed by atoms with Crippen LogP contribution in [0.2, 0.25) is 0 Å². The monoisotopic (exact) mass is 378 g/mol. The zero-order chi connectivity index (χ0) is 20.0. The van der Waals surface area contributed by atoms with E-state index >= 15 is 0 Å². The molecule has 0 aromatic rings. The van der Waals surface area contributed by atoms with Crippen LogP contribution in [0.1, 0.15) is 71.1 Å². The number of aliphatic hydroxyl groups is 2. The summed E-state index contributed by atoms with van der Waals surface area (Å²) in [6.07, 6.45) is 26.3. The van der Waals surface area contributed by atoms with Gasteiger partial charge in [0.1, 0.15) is 6.10 Å². The number of hydrogen-bond acceptors (Lipinski definition) is 4. The van der Waals surface area contributed by atoms with Crippen molar-refractivity contribution in [2.24, 2.45) is 0 Å². The molecule has 0 saturated carbocycles. The Morgan fingerprint density at radius 2 is 1.26 bits per heavy atom. The van der Waals surface area contributed by atoms with Gasteiger partial charge in [-0.3, -0.25) is 4.79 Å². The summed E-state index contributed by atoms with van der Waals surface area (Å²) in [6, 6.07) is 0. The fourth-order valence-corrected chi connectivity index (χ4v) is 2.30. The number of rotatable bonds is 17. The zero-order valence-corrected chi connectivity index (χ0v) is 16.9. The Hall–Kier alpha value is -1.65. The van der Waals surface area contributed by atoms with Gasteiger partial charge in [-0.2, -0.15) is 0 Å². The lowest BCUT2D eigenvalue weighted by Crippen LogP contribution is -2.25. The van der Waals surface area contributed by atoms with Crippen LogP contribution in [0, 0.1) is 0 Å². The van der Waals surface area contributed by atoms with Gasteiger partial charge in [0.15, 0.2) is 0 Å². The second kappa shape index (κ2) is 20.7. The summed E-state index contributed by atoms with van der Waals surface area (Å²) in [5.74, 6) is -0.376. The van der Waals surface area contributed by atoms with E-state index in [1.165, 1.54) is 25.7 Å². The fourth-order valence-electron chi connectivity index (χ4n) is 2.30. The van der Waals surface area contributed by atoms with Crippen LogP contribution in [-0.4, -0.2) is 35.5 Å². The molecule has 4 heteroatoms. The number of ether oxygens (including phenoxy) is 1. The molecule has 0 unspecified atom stereocenters. The fraction of sp³-hybridized carbons (Fsp3) is 0.609. The number of carbonyl (C=O) groups is 1. The standard InChI is InChI=1S/C23H38O4/c1-2-3-4-5-6-7-8-9-10-11-12-13-14-15-16-17-18-19-23(26)27-22(20-24)21-25/h6-7,9-10,12-13,15-16,22,24-25H,2-5,8,11,14,17-21H2,1H3/b7-6-,10-9+,13-12-,16-15-. The van der Waals surface area contributed by atoms with Crippen molar-refractivity contribution in [1.29, 1.82) is 0 Å². The second-order valence-electron chi connectivity index (χ2n) is 6.46. The smallest absolute Gasteiger partial charge is 0.306 e. The summed E-state index contributed by atoms with van der Waals surface area (Å²) in [5, 5.41) is 17.7. The molecule has 0 atom stereocenters. The van der Waals surface area contributed by atoms with E-state index in [1.54, 1.807) is 0 Å². The van der Waals surface area contributed by atoms with Crippen LogP contribution in [0.3, 0.4) is 0 Å². The molecule has 0 saturated heterocycles. The van der Waals surface area contributed by atoms with Gasteiger partial charge in [0.05, 0.1) is 13.2 Å². The molecule has 0 aliphatic rings. The molecule has 0 fully saturated rings. The number of aliphatic hydroxyl groups excluding tert-OH is 2. The molecule has 4 nitrogen and oxygen atoms in total. The summed E-state index contributed by atoms with van der Waals surface area (Å²) >= 11 is 0. The molecule has 0 heterocycles. The molecule has 2 N–H and O–H groups in total. The summed E-state index contributed by atoms with van der Waals surface area (Å²) < 4.78 is 4.89. The van der Waals surface area contributed by atoms with Gasteiger partial charge in [-0.15, -0.1) is 0 Å². The lowest BCUT2D eigenvalue weighted by molar-refractivity contribution is -0.153. The molecule has 0 aliphatic heterocycles.